The van der Waals surface area contributed by atoms with Gasteiger partial charge in [0.15, 0.2) is 0 Å². The minimum Gasteiger partial charge on any atom is -0.457 e. The molecule has 0 saturated heterocycles. The summed E-state index contributed by atoms with van der Waals surface area (Å²) in [7, 11) is -4.13. The van der Waals surface area contributed by atoms with Gasteiger partial charge >= 0.3 is 29.9 Å². The first-order valence-corrected chi connectivity index (χ1v) is 21.7. The van der Waals surface area contributed by atoms with Crippen LogP contribution in [0, 0.1) is 0 Å². The van der Waals surface area contributed by atoms with E-state index in [4.69, 9.17) is 21.1 Å². The van der Waals surface area contributed by atoms with Crippen LogP contribution in [-0.4, -0.2) is 81.3 Å². The zero-order chi connectivity index (χ0) is 47.3. The number of para-hydroxylation sites is 1. The first-order valence-electron chi connectivity index (χ1n) is 19.9. The van der Waals surface area contributed by atoms with Crippen molar-refractivity contribution in [1.82, 2.24) is 35.6 Å². The van der Waals surface area contributed by atoms with Crippen LogP contribution >= 0.6 is 11.6 Å². The van der Waals surface area contributed by atoms with E-state index in [1.54, 1.807) is 71.9 Å². The molecule has 1 aliphatic heterocycles. The Bertz CT molecular complexity index is 2730. The number of aromatic nitrogens is 4. The highest BCUT2D eigenvalue weighted by atomic mass is 35.5. The summed E-state index contributed by atoms with van der Waals surface area (Å²) in [4.78, 5) is 84.7. The summed E-state index contributed by atoms with van der Waals surface area (Å²) in [6.07, 6.45) is 0.0309. The van der Waals surface area contributed by atoms with Crippen LogP contribution < -0.4 is 30.9 Å². The number of amides is 6. The van der Waals surface area contributed by atoms with Gasteiger partial charge in [-0.05, 0) is 112 Å². The highest BCUT2D eigenvalue weighted by Gasteiger charge is 2.64. The lowest BCUT2D eigenvalue weighted by atomic mass is 9.95. The lowest BCUT2D eigenvalue weighted by Gasteiger charge is -2.41. The maximum atomic E-state index is 14.9. The third-order valence-electron chi connectivity index (χ3n) is 9.30. The predicted molar refractivity (Wildman–Crippen MR) is 236 cm³/mol. The molecule has 340 valence electrons. The number of tetrazole rings is 1. The van der Waals surface area contributed by atoms with Crippen molar-refractivity contribution in [3.05, 3.63) is 120 Å². The molecule has 1 aromatic heterocycles. The molecule has 2 unspecified atom stereocenters. The summed E-state index contributed by atoms with van der Waals surface area (Å²) in [6.45, 7) is 9.44. The van der Waals surface area contributed by atoms with Gasteiger partial charge in [-0.3, -0.25) is 14.4 Å². The van der Waals surface area contributed by atoms with E-state index in [-0.39, 0.29) is 51.1 Å². The number of anilines is 3. The molecular formula is C43H45ClN10O10S. The zero-order valence-electron chi connectivity index (χ0n) is 35.9. The van der Waals surface area contributed by atoms with Crippen molar-refractivity contribution in [2.45, 2.75) is 82.2 Å². The number of nitrogens with zero attached hydrogens (tertiary/aromatic N) is 5. The van der Waals surface area contributed by atoms with Crippen LogP contribution in [0.2, 0.25) is 5.02 Å². The molecule has 22 heteroatoms. The van der Waals surface area contributed by atoms with Crippen molar-refractivity contribution in [2.24, 2.45) is 0 Å². The van der Waals surface area contributed by atoms with Gasteiger partial charge in [-0.2, -0.15) is 4.68 Å². The Hall–Kier alpha value is -7.39. The lowest BCUT2D eigenvalue weighted by Crippen LogP contribution is -2.72. The van der Waals surface area contributed by atoms with Gasteiger partial charge in [-0.15, -0.1) is 5.10 Å². The molecule has 0 bridgehead atoms. The van der Waals surface area contributed by atoms with Gasteiger partial charge in [0.2, 0.25) is 11.6 Å². The van der Waals surface area contributed by atoms with Crippen LogP contribution in [0.15, 0.2) is 108 Å². The van der Waals surface area contributed by atoms with E-state index in [2.05, 4.69) is 36.8 Å². The highest BCUT2D eigenvalue weighted by molar-refractivity contribution is 7.90. The first-order chi connectivity index (χ1) is 30.6. The second-order valence-electron chi connectivity index (χ2n) is 16.5. The van der Waals surface area contributed by atoms with Crippen LogP contribution in [0.25, 0.3) is 5.69 Å². The fraction of sp³-hybridized carbons (Fsp3) is 0.279. The monoisotopic (exact) mass is 928 g/mol. The van der Waals surface area contributed by atoms with E-state index in [1.165, 1.54) is 77.7 Å². The normalized spacial score (nSPS) is 15.8. The first kappa shape index (κ1) is 47.1. The number of hydrogen-bond acceptors (Lipinski definition) is 13. The summed E-state index contributed by atoms with van der Waals surface area (Å²) in [5.41, 5.74) is -3.71. The fourth-order valence-corrected chi connectivity index (χ4v) is 7.73. The molecule has 0 aliphatic carbocycles. The number of ether oxygens (including phenoxy) is 2. The Morgan fingerprint density at radius 3 is 2.09 bits per heavy atom. The van der Waals surface area contributed by atoms with E-state index < -0.39 is 68.7 Å². The molecule has 5 aromatic rings. The van der Waals surface area contributed by atoms with Gasteiger partial charge in [0.05, 0.1) is 22.0 Å². The van der Waals surface area contributed by atoms with Crippen molar-refractivity contribution >= 4 is 74.5 Å². The molecule has 2 heterocycles. The number of esters is 1. The summed E-state index contributed by atoms with van der Waals surface area (Å²) in [5.74, 6) is -4.62. The molecule has 0 saturated carbocycles. The molecule has 6 rings (SSSR count). The average Bonchev–Trinajstić information content (AvgIpc) is 3.85. The minimum atomic E-state index is -4.13. The molecule has 20 nitrogen and oxygen atoms in total. The van der Waals surface area contributed by atoms with E-state index in [1.807, 2.05) is 4.72 Å². The molecule has 4 aromatic carbocycles. The summed E-state index contributed by atoms with van der Waals surface area (Å²) < 4.78 is 40.0. The number of nitrogens with one attached hydrogen (secondary N) is 5. The van der Waals surface area contributed by atoms with E-state index >= 15 is 0 Å². The van der Waals surface area contributed by atoms with Gasteiger partial charge in [-0.1, -0.05) is 60.1 Å². The van der Waals surface area contributed by atoms with Crippen LogP contribution in [0.4, 0.5) is 26.7 Å². The summed E-state index contributed by atoms with van der Waals surface area (Å²) in [6, 6.07) is 21.6. The van der Waals surface area contributed by atoms with Gasteiger partial charge in [0.25, 0.3) is 10.0 Å². The van der Waals surface area contributed by atoms with Crippen molar-refractivity contribution in [1.29, 1.82) is 0 Å². The van der Waals surface area contributed by atoms with Gasteiger partial charge in [0.1, 0.15) is 23.6 Å². The van der Waals surface area contributed by atoms with E-state index in [9.17, 15) is 37.2 Å². The molecule has 65 heavy (non-hydrogen) atoms. The number of carbonyl (C=O) groups is 6. The molecular weight excluding hydrogens is 884 g/mol. The predicted octanol–water partition coefficient (Wildman–Crippen LogP) is 5.16. The minimum absolute atomic E-state index is 0.00270. The average molecular weight is 929 g/mol. The Balaban J connectivity index is 1.29. The van der Waals surface area contributed by atoms with Gasteiger partial charge in [0, 0.05) is 22.7 Å². The third kappa shape index (κ3) is 11.2. The molecule has 0 fully saturated rings. The zero-order valence-corrected chi connectivity index (χ0v) is 37.5. The standard InChI is InChI=1S/C43H45ClN10O10S/c1-41(2,3)63-38(58)43(49-37(57)36(56)47-31-24-27(44)19-22-33(31)53-25-45-51-52-53)35(30-14-10-11-15-32(30)54(43)40(60)64-42(4,5)6)48-34(55)23-18-26-16-20-28(21-17-26)46-39(59)50-65(61,62)29-12-8-7-9-13-29/h7-17,19-22,24-25,35H,18,23H2,1-6H3,(H,47,56)(H,48,55)(H,49,57)(H2,46,50,59). The molecule has 5 N–H and O–H groups in total. The third-order valence-corrected chi connectivity index (χ3v) is 10.9. The Morgan fingerprint density at radius 1 is 0.785 bits per heavy atom. The number of rotatable bonds is 11. The van der Waals surface area contributed by atoms with Crippen LogP contribution in [0.1, 0.15) is 65.1 Å². The molecule has 6 amide bonds. The van der Waals surface area contributed by atoms with Crippen molar-refractivity contribution in [2.75, 3.05) is 15.5 Å². The number of carbonyl (C=O) groups excluding carboxylic acids is 6. The van der Waals surface area contributed by atoms with E-state index in [0.29, 0.717) is 5.56 Å². The number of sulfonamides is 1. The number of aryl methyl sites for hydroxylation is 1. The van der Waals surface area contributed by atoms with Crippen LogP contribution in [0.3, 0.4) is 0 Å². The SMILES string of the molecule is CC(C)(C)OC(=O)N1c2ccccc2C(NC(=O)CCc2ccc(NC(=O)NS(=O)(=O)c3ccccc3)cc2)C1(NC(=O)C(=O)Nc1cc(Cl)ccc1-n1cnnn1)C(=O)OC(C)(C)C. The maximum Gasteiger partial charge on any atom is 0.417 e. The largest absolute Gasteiger partial charge is 0.457 e. The Morgan fingerprint density at radius 2 is 1.45 bits per heavy atom. The molecule has 2 atom stereocenters. The van der Waals surface area contributed by atoms with Gasteiger partial charge < -0.3 is 30.7 Å². The Labute approximate surface area is 378 Å². The smallest absolute Gasteiger partial charge is 0.417 e. The van der Waals surface area contributed by atoms with E-state index in [0.717, 1.165) is 4.90 Å². The number of halogens is 1. The number of fused-ring (bicyclic) bond motifs is 1. The molecule has 0 spiro atoms. The topological polar surface area (TPSA) is 262 Å². The fourth-order valence-electron chi connectivity index (χ4n) is 6.63. The quantitative estimate of drug-likeness (QED) is 0.0848. The Kier molecular flexibility index (Phi) is 13.6. The molecule has 0 radical (unpaired) electrons. The lowest BCUT2D eigenvalue weighted by molar-refractivity contribution is -0.166. The number of urea groups is 1. The second kappa shape index (κ2) is 18.8. The second-order valence-corrected chi connectivity index (χ2v) is 18.7. The molecule has 1 aliphatic rings. The summed E-state index contributed by atoms with van der Waals surface area (Å²) >= 11 is 6.25. The van der Waals surface area contributed by atoms with Crippen molar-refractivity contribution in [3.8, 4) is 5.69 Å². The van der Waals surface area contributed by atoms with Gasteiger partial charge in [-0.25, -0.2) is 32.4 Å². The van der Waals surface area contributed by atoms with Crippen LogP contribution in [-0.2, 0) is 45.1 Å². The maximum absolute atomic E-state index is 14.9. The van der Waals surface area contributed by atoms with Crippen LogP contribution in [0.5, 0.6) is 0 Å². The van der Waals surface area contributed by atoms with Crippen molar-refractivity contribution < 1.29 is 46.7 Å². The highest BCUT2D eigenvalue weighted by Crippen LogP contribution is 2.47. The number of hydrogen-bond donors (Lipinski definition) is 5. The number of benzene rings is 4. The van der Waals surface area contributed by atoms with Crippen molar-refractivity contribution in [3.63, 3.8) is 0 Å². The summed E-state index contributed by atoms with van der Waals surface area (Å²) in [5, 5.41) is 21.4.